The number of nitrogens with zero attached hydrogens (tertiary/aromatic N) is 6. The van der Waals surface area contributed by atoms with Crippen molar-refractivity contribution in [3.8, 4) is 6.07 Å². The van der Waals surface area contributed by atoms with Gasteiger partial charge < -0.3 is 74.6 Å². The summed E-state index contributed by atoms with van der Waals surface area (Å²) in [5.74, 6) is -1.53. The van der Waals surface area contributed by atoms with Crippen molar-refractivity contribution in [3.05, 3.63) is 18.6 Å². The number of fused-ring (bicyclic) bond motifs is 1. The number of carbonyl (C=O) groups is 5. The Hall–Kier alpha value is -5.10. The van der Waals surface area contributed by atoms with E-state index in [2.05, 4.69) is 32.8 Å². The van der Waals surface area contributed by atoms with Crippen LogP contribution in [0.1, 0.15) is 46.0 Å². The second-order valence-corrected chi connectivity index (χ2v) is 15.9. The van der Waals surface area contributed by atoms with Crippen LogP contribution in [0.3, 0.4) is 0 Å². The maximum Gasteiger partial charge on any atom is 0.328 e. The van der Waals surface area contributed by atoms with E-state index in [-0.39, 0.29) is 42.9 Å². The number of ether oxygens (including phenoxy) is 6. The molecule has 0 spiro atoms. The third-order valence-electron chi connectivity index (χ3n) is 11.8. The topological polar surface area (TPSA) is 319 Å². The molecule has 354 valence electrons. The molecule has 24 heteroatoms. The highest BCUT2D eigenvalue weighted by atomic mass is 16.7. The summed E-state index contributed by atoms with van der Waals surface area (Å²) in [6.07, 6.45) is -9.53. The molecule has 5 heterocycles. The zero-order valence-corrected chi connectivity index (χ0v) is 36.6. The molecule has 4 unspecified atom stereocenters. The molecule has 5 rings (SSSR count). The van der Waals surface area contributed by atoms with Crippen molar-refractivity contribution in [3.63, 3.8) is 0 Å². The van der Waals surface area contributed by atoms with E-state index >= 15 is 0 Å². The molecule has 2 aromatic rings. The van der Waals surface area contributed by atoms with Crippen LogP contribution in [0, 0.1) is 17.2 Å². The number of hydrogen-bond donors (Lipinski definition) is 7. The van der Waals surface area contributed by atoms with Gasteiger partial charge in [-0.2, -0.15) is 5.26 Å². The number of piperidine rings is 1. The molecule has 64 heavy (non-hydrogen) atoms. The van der Waals surface area contributed by atoms with Gasteiger partial charge in [0.1, 0.15) is 67.3 Å². The van der Waals surface area contributed by atoms with Crippen molar-refractivity contribution in [2.75, 3.05) is 59.5 Å². The third kappa shape index (κ3) is 11.2. The van der Waals surface area contributed by atoms with Crippen LogP contribution in [-0.2, 0) is 47.6 Å². The van der Waals surface area contributed by atoms with Crippen molar-refractivity contribution in [1.82, 2.24) is 35.4 Å². The number of aliphatic hydroxyl groups is 4. The van der Waals surface area contributed by atoms with E-state index in [9.17, 15) is 44.4 Å². The van der Waals surface area contributed by atoms with Gasteiger partial charge >= 0.3 is 12.0 Å². The Labute approximate surface area is 369 Å². The van der Waals surface area contributed by atoms with E-state index in [0.29, 0.717) is 37.1 Å². The summed E-state index contributed by atoms with van der Waals surface area (Å²) in [5, 5.41) is 60.2. The molecule has 24 nitrogen and oxygen atoms in total. The Morgan fingerprint density at radius 3 is 2.44 bits per heavy atom. The van der Waals surface area contributed by atoms with Gasteiger partial charge in [0.25, 0.3) is 5.91 Å². The lowest BCUT2D eigenvalue weighted by atomic mass is 9.92. The molecule has 0 saturated carbocycles. The number of aromatic nitrogens is 3. The zero-order chi connectivity index (χ0) is 46.8. The Bertz CT molecular complexity index is 1980. The predicted octanol–water partition coefficient (Wildman–Crippen LogP) is -2.52. The molecule has 3 saturated heterocycles. The largest absolute Gasteiger partial charge is 0.467 e. The standard InChI is InChI=1S/C40H59N9O15/c1-20-11-15-48(26(52)10-13-41)17-24(20)47(3)34-22-12-16-49(35(22)44-19-43-34)40(58)46-23(37(57)60-5)9-7-8-14-42-36(56)33-32(59-4)29(54)30(55)39(64-33)63-31-27(45-21(2)51)38(61-6)62-25(18-50)28(31)53/h12,16,19-20,23-25,27-33,38-39,50,53-55H,7-11,14-15,17-18H2,1-6H3,(H,42,56)(H,45,51)(H,46,58)/t20-,23+,24+,25?,27?,28-,29-,30?,31-,32+,33?,38-,39-/m1/s1. The Kier molecular flexibility index (Phi) is 17.7. The maximum absolute atomic E-state index is 13.6. The smallest absolute Gasteiger partial charge is 0.328 e. The van der Waals surface area contributed by atoms with Gasteiger partial charge in [-0.1, -0.05) is 6.92 Å². The average molecular weight is 906 g/mol. The van der Waals surface area contributed by atoms with Crippen LogP contribution in [0.5, 0.6) is 0 Å². The van der Waals surface area contributed by atoms with Crippen LogP contribution >= 0.6 is 0 Å². The van der Waals surface area contributed by atoms with Gasteiger partial charge in [-0.3, -0.25) is 19.0 Å². The van der Waals surface area contributed by atoms with Gasteiger partial charge in [-0.05, 0) is 37.7 Å². The van der Waals surface area contributed by atoms with Gasteiger partial charge in [-0.25, -0.2) is 19.6 Å². The van der Waals surface area contributed by atoms with E-state index in [0.717, 1.165) is 6.42 Å². The lowest BCUT2D eigenvalue weighted by Gasteiger charge is -2.47. The summed E-state index contributed by atoms with van der Waals surface area (Å²) >= 11 is 0. The highest BCUT2D eigenvalue weighted by molar-refractivity contribution is 5.96. The average Bonchev–Trinajstić information content (AvgIpc) is 3.72. The van der Waals surface area contributed by atoms with Crippen molar-refractivity contribution >= 4 is 46.6 Å². The highest BCUT2D eigenvalue weighted by Gasteiger charge is 2.53. The SMILES string of the molecule is COC(=O)[C@H](CCCCNC(=O)C1O[C@@H](O[C@@H]2C(NC(C)=O)[C@H](OC)OC(CO)[C@H]2O)C(O)[C@@H](O)[C@@H]1OC)NC(=O)n1ccc2c(N(C)[C@H]3CN(C(=O)CC#N)CC[C@H]3C)ncnc21. The first-order valence-electron chi connectivity index (χ1n) is 20.9. The molecular formula is C40H59N9O15. The minimum absolute atomic E-state index is 0.0391. The number of carbonyl (C=O) groups excluding carboxylic acids is 5. The number of hydrogen-bond acceptors (Lipinski definition) is 19. The fourth-order valence-corrected chi connectivity index (χ4v) is 8.29. The molecule has 4 amide bonds. The number of likely N-dealkylation sites (N-methyl/N-ethyl adjacent to an activating group) is 1. The van der Waals surface area contributed by atoms with Crippen LogP contribution in [-0.4, -0.2) is 198 Å². The van der Waals surface area contributed by atoms with Crippen molar-refractivity contribution < 1.29 is 72.8 Å². The van der Waals surface area contributed by atoms with Crippen LogP contribution in [0.25, 0.3) is 11.0 Å². The molecular weight excluding hydrogens is 846 g/mol. The molecule has 13 atom stereocenters. The van der Waals surface area contributed by atoms with E-state index in [4.69, 9.17) is 33.7 Å². The predicted molar refractivity (Wildman–Crippen MR) is 220 cm³/mol. The minimum atomic E-state index is -1.80. The minimum Gasteiger partial charge on any atom is -0.467 e. The summed E-state index contributed by atoms with van der Waals surface area (Å²) < 4.78 is 34.1. The summed E-state index contributed by atoms with van der Waals surface area (Å²) in [6.45, 7) is 3.61. The molecule has 3 aliphatic rings. The summed E-state index contributed by atoms with van der Waals surface area (Å²) in [4.78, 5) is 77.0. The second kappa shape index (κ2) is 22.7. The van der Waals surface area contributed by atoms with Crippen LogP contribution < -0.4 is 20.9 Å². The first-order chi connectivity index (χ1) is 30.6. The monoisotopic (exact) mass is 905 g/mol. The second-order valence-electron chi connectivity index (χ2n) is 15.9. The number of unbranched alkanes of at least 4 members (excludes halogenated alkanes) is 1. The van der Waals surface area contributed by atoms with Crippen LogP contribution in [0.15, 0.2) is 18.6 Å². The normalized spacial score (nSPS) is 29.9. The molecule has 0 bridgehead atoms. The van der Waals surface area contributed by atoms with E-state index in [1.54, 1.807) is 11.0 Å². The molecule has 0 aliphatic carbocycles. The highest BCUT2D eigenvalue weighted by Crippen LogP contribution is 2.32. The zero-order valence-electron chi connectivity index (χ0n) is 36.6. The quantitative estimate of drug-likeness (QED) is 0.0636. The van der Waals surface area contributed by atoms with E-state index in [1.807, 2.05) is 18.0 Å². The van der Waals surface area contributed by atoms with Crippen LogP contribution in [0.2, 0.25) is 0 Å². The molecule has 3 aliphatic heterocycles. The number of nitrogens with one attached hydrogen (secondary N) is 3. The fraction of sp³-hybridized carbons (Fsp3) is 0.700. The summed E-state index contributed by atoms with van der Waals surface area (Å²) in [7, 11) is 5.51. The Morgan fingerprint density at radius 2 is 1.78 bits per heavy atom. The summed E-state index contributed by atoms with van der Waals surface area (Å²) in [6, 6.07) is 0.542. The third-order valence-corrected chi connectivity index (χ3v) is 11.8. The number of nitriles is 1. The Balaban J connectivity index is 1.19. The Morgan fingerprint density at radius 1 is 1.03 bits per heavy atom. The number of aliphatic hydroxyl groups excluding tert-OH is 4. The van der Waals surface area contributed by atoms with Crippen molar-refractivity contribution in [1.29, 1.82) is 5.26 Å². The van der Waals surface area contributed by atoms with Gasteiger partial charge in [0.15, 0.2) is 24.3 Å². The molecule has 3 fully saturated rings. The molecule has 0 radical (unpaired) electrons. The number of anilines is 1. The maximum atomic E-state index is 13.6. The number of likely N-dealkylation sites (tertiary alicyclic amines) is 1. The van der Waals surface area contributed by atoms with E-state index in [1.165, 1.54) is 45.3 Å². The van der Waals surface area contributed by atoms with Gasteiger partial charge in [0, 0.05) is 54.0 Å². The van der Waals surface area contributed by atoms with Crippen LogP contribution in [0.4, 0.5) is 10.6 Å². The summed E-state index contributed by atoms with van der Waals surface area (Å²) in [5.41, 5.74) is 0.274. The van der Waals surface area contributed by atoms with Crippen molar-refractivity contribution in [2.24, 2.45) is 5.92 Å². The number of rotatable bonds is 17. The van der Waals surface area contributed by atoms with E-state index < -0.39 is 97.8 Å². The van der Waals surface area contributed by atoms with Gasteiger partial charge in [0.05, 0.1) is 31.2 Å². The number of amides is 4. The van der Waals surface area contributed by atoms with Crippen molar-refractivity contribution in [2.45, 2.75) is 119 Å². The lowest BCUT2D eigenvalue weighted by molar-refractivity contribution is -0.338. The lowest BCUT2D eigenvalue weighted by Crippen LogP contribution is -2.68. The molecule has 7 N–H and O–H groups in total. The first-order valence-corrected chi connectivity index (χ1v) is 20.9. The molecule has 0 aromatic carbocycles. The molecule has 2 aromatic heterocycles. The fourth-order valence-electron chi connectivity index (χ4n) is 8.29. The number of methoxy groups -OCH3 is 3. The van der Waals surface area contributed by atoms with Gasteiger partial charge in [-0.15, -0.1) is 0 Å². The number of esters is 1. The van der Waals surface area contributed by atoms with Gasteiger partial charge in [0.2, 0.25) is 11.8 Å². The first kappa shape index (κ1) is 49.9.